The topological polar surface area (TPSA) is 75.0 Å². The van der Waals surface area contributed by atoms with E-state index >= 15 is 0 Å². The Morgan fingerprint density at radius 2 is 0.800 bits per heavy atom. The first-order chi connectivity index (χ1) is 31.2. The van der Waals surface area contributed by atoms with E-state index in [1.54, 1.807) is 12.4 Å². The van der Waals surface area contributed by atoms with Crippen LogP contribution in [0.25, 0.3) is 83.6 Å². The van der Waals surface area contributed by atoms with Gasteiger partial charge in [-0.3, -0.25) is 0 Å². The van der Waals surface area contributed by atoms with Gasteiger partial charge in [-0.25, -0.2) is 9.97 Å². The second-order valence-corrected chi connectivity index (χ2v) is 14.8. The van der Waals surface area contributed by atoms with Gasteiger partial charge in [-0.2, -0.15) is 22.9 Å². The molecular weight excluding hydrogens is 1080 g/mol. The fourth-order valence-corrected chi connectivity index (χ4v) is 7.71. The molecule has 0 aliphatic rings. The molecule has 0 saturated heterocycles. The Bertz CT molecular complexity index is 3190. The molecule has 4 heterocycles. The van der Waals surface area contributed by atoms with Gasteiger partial charge in [0.1, 0.15) is 0 Å². The van der Waals surface area contributed by atoms with Gasteiger partial charge in [-0.05, 0) is 69.5 Å². The SMILES string of the molecule is [Pd+2].[Pt+2].[c-]1c(Oc2[c-]c3c(cc2)c2ccc(Oc4[c-]c(-c5ccccn5)ccc4)[c-]c2n3-c2ncc(-c3cc(-c4ccccc4)cc(-c4ccccc4)c3)cn2)cccc1-c1ccccn1. The Balaban J connectivity index is 0.00000266. The molecule has 4 aromatic heterocycles. The normalized spacial score (nSPS) is 10.8. The number of hydrogen-bond donors (Lipinski definition) is 0. The van der Waals surface area contributed by atoms with Crippen molar-refractivity contribution in [1.82, 2.24) is 24.5 Å². The summed E-state index contributed by atoms with van der Waals surface area (Å²) in [5.41, 5.74) is 11.0. The summed E-state index contributed by atoms with van der Waals surface area (Å²) in [5.74, 6) is 2.52. The molecule has 0 aliphatic heterocycles. The first-order valence-electron chi connectivity index (χ1n) is 20.4. The Hall–Kier alpha value is -7.33. The van der Waals surface area contributed by atoms with Crippen LogP contribution in [0, 0.1) is 24.3 Å². The Labute approximate surface area is 404 Å². The summed E-state index contributed by atoms with van der Waals surface area (Å²) in [7, 11) is 0. The van der Waals surface area contributed by atoms with Crippen LogP contribution in [0.5, 0.6) is 23.0 Å². The molecule has 9 heteroatoms. The van der Waals surface area contributed by atoms with Crippen molar-refractivity contribution < 1.29 is 51.0 Å². The maximum absolute atomic E-state index is 6.42. The summed E-state index contributed by atoms with van der Waals surface area (Å²) >= 11 is 0. The summed E-state index contributed by atoms with van der Waals surface area (Å²) in [6.07, 6.45) is 7.27. The zero-order chi connectivity index (χ0) is 42.0. The van der Waals surface area contributed by atoms with Gasteiger partial charge in [0.25, 0.3) is 0 Å². The molecule has 0 amide bonds. The summed E-state index contributed by atoms with van der Waals surface area (Å²) in [6, 6.07) is 72.2. The molecule has 0 bridgehead atoms. The third-order valence-corrected chi connectivity index (χ3v) is 10.7. The van der Waals surface area contributed by atoms with Crippen LogP contribution >= 0.6 is 0 Å². The van der Waals surface area contributed by atoms with Crippen molar-refractivity contribution in [3.05, 3.63) is 225 Å². The molecule has 0 N–H and O–H groups in total. The van der Waals surface area contributed by atoms with Crippen LogP contribution in [0.15, 0.2) is 201 Å². The number of ether oxygens (including phenoxy) is 2. The molecule has 0 saturated carbocycles. The Morgan fingerprint density at radius 1 is 0.369 bits per heavy atom. The molecule has 11 aromatic rings. The Morgan fingerprint density at radius 3 is 1.25 bits per heavy atom. The van der Waals surface area contributed by atoms with E-state index in [-0.39, 0.29) is 41.5 Å². The Kier molecular flexibility index (Phi) is 12.7. The number of nitrogens with zero attached hydrogens (tertiary/aromatic N) is 5. The quantitative estimate of drug-likeness (QED) is 0.100. The summed E-state index contributed by atoms with van der Waals surface area (Å²) < 4.78 is 14.8. The van der Waals surface area contributed by atoms with Crippen LogP contribution < -0.4 is 9.47 Å². The minimum absolute atomic E-state index is 0. The van der Waals surface area contributed by atoms with E-state index in [0.29, 0.717) is 40.0 Å². The van der Waals surface area contributed by atoms with Crippen molar-refractivity contribution >= 4 is 21.8 Å². The number of benzene rings is 7. The zero-order valence-electron chi connectivity index (χ0n) is 34.2. The molecule has 7 aromatic carbocycles. The van der Waals surface area contributed by atoms with Crippen LogP contribution in [0.1, 0.15) is 0 Å². The van der Waals surface area contributed by atoms with E-state index in [4.69, 9.17) is 19.4 Å². The molecule has 0 atom stereocenters. The minimum atomic E-state index is 0. The van der Waals surface area contributed by atoms with Gasteiger partial charge in [0.05, 0.1) is 0 Å². The van der Waals surface area contributed by atoms with Crippen molar-refractivity contribution in [2.45, 2.75) is 0 Å². The van der Waals surface area contributed by atoms with Crippen molar-refractivity contribution in [2.24, 2.45) is 0 Å². The van der Waals surface area contributed by atoms with Crippen LogP contribution in [-0.4, -0.2) is 24.5 Å². The predicted octanol–water partition coefficient (Wildman–Crippen LogP) is 13.5. The fraction of sp³-hybridized carbons (Fsp3) is 0. The number of fused-ring (bicyclic) bond motifs is 3. The molecule has 65 heavy (non-hydrogen) atoms. The average molecular weight is 1110 g/mol. The first kappa shape index (κ1) is 42.9. The summed E-state index contributed by atoms with van der Waals surface area (Å²) in [5, 5.41) is 1.84. The van der Waals surface area contributed by atoms with Gasteiger partial charge in [-0.1, -0.05) is 108 Å². The molecule has 0 fully saturated rings. The van der Waals surface area contributed by atoms with E-state index in [1.807, 2.05) is 126 Å². The monoisotopic (exact) mass is 1110 g/mol. The third-order valence-electron chi connectivity index (χ3n) is 10.7. The van der Waals surface area contributed by atoms with Crippen molar-refractivity contribution in [3.63, 3.8) is 0 Å². The molecule has 11 rings (SSSR count). The van der Waals surface area contributed by atoms with Crippen LogP contribution in [0.4, 0.5) is 0 Å². The van der Waals surface area contributed by atoms with Gasteiger partial charge in [0, 0.05) is 53.3 Å². The molecule has 0 unspecified atom stereocenters. The van der Waals surface area contributed by atoms with Gasteiger partial charge in [0.15, 0.2) is 0 Å². The van der Waals surface area contributed by atoms with E-state index in [9.17, 15) is 0 Å². The van der Waals surface area contributed by atoms with E-state index in [1.165, 1.54) is 0 Å². The standard InChI is InChI=1S/C56H33N5O2.Pd.Pt/c1-3-13-38(14-4-1)42-29-43(39-15-5-2-6-16-39)31-44(30-42)45-36-59-56(60-37-45)61-54-34-48(62-46-19-11-17-40(32-46)52-21-7-9-27-57-52)23-25-50(54)51-26-24-49(35-55(51)61)63-47-20-12-18-41(33-47)53-22-8-10-28-58-53;;/h1-31,36-37H;;/q-4;2*+2. The molecule has 314 valence electrons. The van der Waals surface area contributed by atoms with Crippen molar-refractivity contribution in [3.8, 4) is 84.8 Å². The first-order valence-corrected chi connectivity index (χ1v) is 20.4. The maximum Gasteiger partial charge on any atom is 2.00 e. The van der Waals surface area contributed by atoms with Gasteiger partial charge >= 0.3 is 41.5 Å². The maximum atomic E-state index is 6.42. The second kappa shape index (κ2) is 19.2. The number of pyridine rings is 2. The van der Waals surface area contributed by atoms with E-state index in [0.717, 1.165) is 66.7 Å². The van der Waals surface area contributed by atoms with Crippen molar-refractivity contribution in [2.75, 3.05) is 0 Å². The zero-order valence-corrected chi connectivity index (χ0v) is 38.1. The van der Waals surface area contributed by atoms with Crippen LogP contribution in [0.3, 0.4) is 0 Å². The van der Waals surface area contributed by atoms with E-state index in [2.05, 4.69) is 101 Å². The van der Waals surface area contributed by atoms with Gasteiger partial charge < -0.3 is 24.0 Å². The third kappa shape index (κ3) is 9.07. The van der Waals surface area contributed by atoms with E-state index < -0.39 is 0 Å². The predicted molar refractivity (Wildman–Crippen MR) is 248 cm³/mol. The molecule has 0 radical (unpaired) electrons. The largest absolute Gasteiger partial charge is 2.00 e. The van der Waals surface area contributed by atoms with Crippen molar-refractivity contribution in [1.29, 1.82) is 0 Å². The number of rotatable bonds is 10. The summed E-state index contributed by atoms with van der Waals surface area (Å²) in [6.45, 7) is 0. The minimum Gasteiger partial charge on any atom is -0.503 e. The second-order valence-electron chi connectivity index (χ2n) is 14.8. The molecule has 7 nitrogen and oxygen atoms in total. The average Bonchev–Trinajstić information content (AvgIpc) is 3.68. The van der Waals surface area contributed by atoms with Gasteiger partial charge in [0.2, 0.25) is 5.95 Å². The summed E-state index contributed by atoms with van der Waals surface area (Å²) in [4.78, 5) is 19.0. The number of aromatic nitrogens is 5. The fourth-order valence-electron chi connectivity index (χ4n) is 7.71. The van der Waals surface area contributed by atoms with Gasteiger partial charge in [-0.15, -0.1) is 71.8 Å². The smallest absolute Gasteiger partial charge is 0.503 e. The molecule has 0 aliphatic carbocycles. The van der Waals surface area contributed by atoms with Crippen LogP contribution in [0.2, 0.25) is 0 Å². The molecule has 0 spiro atoms. The van der Waals surface area contributed by atoms with Crippen LogP contribution in [-0.2, 0) is 41.5 Å². The number of hydrogen-bond acceptors (Lipinski definition) is 6. The molecular formula is C56H33N5O2PdPt.